The van der Waals surface area contributed by atoms with E-state index in [1.54, 1.807) is 14.2 Å². The van der Waals surface area contributed by atoms with Crippen molar-refractivity contribution in [2.24, 2.45) is 5.73 Å². The first-order valence-electron chi connectivity index (χ1n) is 8.09. The number of hydrogen-bond donors (Lipinski definition) is 1. The topological polar surface area (TPSA) is 64.8 Å². The molecule has 0 unspecified atom stereocenters. The van der Waals surface area contributed by atoms with Gasteiger partial charge in [0, 0.05) is 49.4 Å². The normalized spacial score (nSPS) is 17.8. The Morgan fingerprint density at radius 2 is 2.04 bits per heavy atom. The average Bonchev–Trinajstić information content (AvgIpc) is 2.48. The van der Waals surface area contributed by atoms with E-state index in [0.29, 0.717) is 19.6 Å². The van der Waals surface area contributed by atoms with Crippen LogP contribution in [0.25, 0.3) is 0 Å². The van der Waals surface area contributed by atoms with Gasteiger partial charge in [-0.15, -0.1) is 0 Å². The van der Waals surface area contributed by atoms with Crippen LogP contribution < -0.4 is 15.4 Å². The van der Waals surface area contributed by atoms with E-state index in [1.807, 2.05) is 24.0 Å². The van der Waals surface area contributed by atoms with Gasteiger partial charge in [-0.05, 0) is 31.0 Å². The van der Waals surface area contributed by atoms with Gasteiger partial charge in [0.1, 0.15) is 5.75 Å². The fourth-order valence-corrected chi connectivity index (χ4v) is 3.20. The van der Waals surface area contributed by atoms with E-state index in [0.717, 1.165) is 29.0 Å². The molecule has 0 radical (unpaired) electrons. The molecule has 23 heavy (non-hydrogen) atoms. The SMILES string of the molecule is COCCCN1C(=O)CC(C)(C)c2cc(OC)c([C@H](C)N)cc21. The molecule has 1 heterocycles. The minimum atomic E-state index is -0.214. The lowest BCUT2D eigenvalue weighted by Gasteiger charge is -2.39. The van der Waals surface area contributed by atoms with Gasteiger partial charge in [-0.1, -0.05) is 13.8 Å². The van der Waals surface area contributed by atoms with E-state index in [4.69, 9.17) is 15.2 Å². The highest BCUT2D eigenvalue weighted by molar-refractivity contribution is 5.98. The van der Waals surface area contributed by atoms with Crippen LogP contribution >= 0.6 is 0 Å². The van der Waals surface area contributed by atoms with Gasteiger partial charge in [0.25, 0.3) is 0 Å². The monoisotopic (exact) mass is 320 g/mol. The van der Waals surface area contributed by atoms with Gasteiger partial charge in [0.05, 0.1) is 7.11 Å². The summed E-state index contributed by atoms with van der Waals surface area (Å²) in [7, 11) is 3.33. The van der Waals surface area contributed by atoms with Crippen molar-refractivity contribution in [3.63, 3.8) is 0 Å². The van der Waals surface area contributed by atoms with Gasteiger partial charge in [0.2, 0.25) is 5.91 Å². The molecule has 1 atom stereocenters. The summed E-state index contributed by atoms with van der Waals surface area (Å²) >= 11 is 0. The van der Waals surface area contributed by atoms with Crippen LogP contribution in [0.2, 0.25) is 0 Å². The maximum Gasteiger partial charge on any atom is 0.227 e. The molecule has 0 fully saturated rings. The molecule has 1 amide bonds. The number of carbonyl (C=O) groups excluding carboxylic acids is 1. The zero-order valence-electron chi connectivity index (χ0n) is 14.8. The largest absolute Gasteiger partial charge is 0.496 e. The van der Waals surface area contributed by atoms with E-state index in [1.165, 1.54) is 0 Å². The lowest BCUT2D eigenvalue weighted by molar-refractivity contribution is -0.120. The van der Waals surface area contributed by atoms with Crippen LogP contribution in [0.4, 0.5) is 5.69 Å². The van der Waals surface area contributed by atoms with Gasteiger partial charge < -0.3 is 20.1 Å². The van der Waals surface area contributed by atoms with Gasteiger partial charge in [-0.25, -0.2) is 0 Å². The van der Waals surface area contributed by atoms with Gasteiger partial charge >= 0.3 is 0 Å². The van der Waals surface area contributed by atoms with Crippen molar-refractivity contribution in [1.29, 1.82) is 0 Å². The fourth-order valence-electron chi connectivity index (χ4n) is 3.20. The standard InChI is InChI=1S/C18H28N2O3/c1-12(19)13-9-15-14(10-16(13)23-5)18(2,3)11-17(21)20(15)7-6-8-22-4/h9-10,12H,6-8,11,19H2,1-5H3/t12-/m0/s1. The third kappa shape index (κ3) is 3.51. The quantitative estimate of drug-likeness (QED) is 0.819. The van der Waals surface area contributed by atoms with Crippen molar-refractivity contribution in [3.05, 3.63) is 23.3 Å². The molecule has 5 nitrogen and oxygen atoms in total. The molecule has 0 saturated carbocycles. The summed E-state index contributed by atoms with van der Waals surface area (Å²) in [5.74, 6) is 0.942. The van der Waals surface area contributed by atoms with E-state index in [-0.39, 0.29) is 17.4 Å². The predicted octanol–water partition coefficient (Wildman–Crippen LogP) is 2.77. The van der Waals surface area contributed by atoms with Crippen LogP contribution in [0.15, 0.2) is 12.1 Å². The minimum absolute atomic E-state index is 0.152. The Bertz CT molecular complexity index is 582. The Kier molecular flexibility index (Phi) is 5.32. The average molecular weight is 320 g/mol. The Morgan fingerprint density at radius 3 is 2.61 bits per heavy atom. The Hall–Kier alpha value is -1.59. The molecule has 128 valence electrons. The molecule has 1 aliphatic heterocycles. The zero-order valence-corrected chi connectivity index (χ0v) is 14.8. The smallest absolute Gasteiger partial charge is 0.227 e. The van der Waals surface area contributed by atoms with Crippen LogP contribution in [0.5, 0.6) is 5.75 Å². The van der Waals surface area contributed by atoms with Crippen molar-refractivity contribution in [2.75, 3.05) is 32.3 Å². The van der Waals surface area contributed by atoms with Gasteiger partial charge in [0.15, 0.2) is 0 Å². The van der Waals surface area contributed by atoms with Crippen molar-refractivity contribution in [3.8, 4) is 5.75 Å². The van der Waals surface area contributed by atoms with Gasteiger partial charge in [-0.3, -0.25) is 4.79 Å². The Morgan fingerprint density at radius 1 is 1.35 bits per heavy atom. The predicted molar refractivity (Wildman–Crippen MR) is 92.1 cm³/mol. The third-order valence-corrected chi connectivity index (χ3v) is 4.48. The van der Waals surface area contributed by atoms with E-state index >= 15 is 0 Å². The summed E-state index contributed by atoms with van der Waals surface area (Å²) in [6.07, 6.45) is 1.30. The van der Waals surface area contributed by atoms with Crippen LogP contribution in [-0.4, -0.2) is 33.3 Å². The zero-order chi connectivity index (χ0) is 17.2. The fraction of sp³-hybridized carbons (Fsp3) is 0.611. The summed E-state index contributed by atoms with van der Waals surface area (Å²) in [5.41, 5.74) is 8.89. The highest BCUT2D eigenvalue weighted by atomic mass is 16.5. The van der Waals surface area contributed by atoms with Crippen LogP contribution in [0, 0.1) is 0 Å². The van der Waals surface area contributed by atoms with Gasteiger partial charge in [-0.2, -0.15) is 0 Å². The number of benzene rings is 1. The molecule has 0 aromatic heterocycles. The Balaban J connectivity index is 2.52. The number of anilines is 1. The number of carbonyl (C=O) groups is 1. The number of nitrogens with two attached hydrogens (primary N) is 1. The summed E-state index contributed by atoms with van der Waals surface area (Å²) in [6.45, 7) is 7.41. The van der Waals surface area contributed by atoms with Crippen LogP contribution in [-0.2, 0) is 14.9 Å². The van der Waals surface area contributed by atoms with Crippen LogP contribution in [0.3, 0.4) is 0 Å². The van der Waals surface area contributed by atoms with Crippen LogP contribution in [0.1, 0.15) is 50.8 Å². The first kappa shape index (κ1) is 17.8. The maximum atomic E-state index is 12.6. The molecule has 0 aliphatic carbocycles. The summed E-state index contributed by atoms with van der Waals surface area (Å²) in [4.78, 5) is 14.5. The van der Waals surface area contributed by atoms with Crippen molar-refractivity contribution >= 4 is 11.6 Å². The second-order valence-electron chi connectivity index (χ2n) is 6.85. The van der Waals surface area contributed by atoms with E-state index in [9.17, 15) is 4.79 Å². The first-order chi connectivity index (χ1) is 10.8. The lowest BCUT2D eigenvalue weighted by atomic mass is 9.76. The van der Waals surface area contributed by atoms with E-state index < -0.39 is 0 Å². The van der Waals surface area contributed by atoms with Crippen molar-refractivity contribution in [1.82, 2.24) is 0 Å². The lowest BCUT2D eigenvalue weighted by Crippen LogP contribution is -2.42. The highest BCUT2D eigenvalue weighted by Crippen LogP contribution is 2.44. The molecule has 0 spiro atoms. The molecule has 1 aromatic rings. The number of amides is 1. The molecule has 5 heteroatoms. The number of rotatable bonds is 6. The maximum absolute atomic E-state index is 12.6. The third-order valence-electron chi connectivity index (χ3n) is 4.48. The number of fused-ring (bicyclic) bond motifs is 1. The minimum Gasteiger partial charge on any atom is -0.496 e. The second kappa shape index (κ2) is 6.89. The number of methoxy groups -OCH3 is 2. The summed E-state index contributed by atoms with van der Waals surface area (Å²) < 4.78 is 10.6. The summed E-state index contributed by atoms with van der Waals surface area (Å²) in [6, 6.07) is 3.91. The molecule has 0 bridgehead atoms. The number of nitrogens with zero attached hydrogens (tertiary/aromatic N) is 1. The molecule has 0 saturated heterocycles. The summed E-state index contributed by atoms with van der Waals surface area (Å²) in [5, 5.41) is 0. The number of ether oxygens (including phenoxy) is 2. The second-order valence-corrected chi connectivity index (χ2v) is 6.85. The van der Waals surface area contributed by atoms with E-state index in [2.05, 4.69) is 13.8 Å². The molecule has 2 rings (SSSR count). The molecule has 2 N–H and O–H groups in total. The molecule has 1 aromatic carbocycles. The molecular formula is C18H28N2O3. The first-order valence-corrected chi connectivity index (χ1v) is 8.09. The highest BCUT2D eigenvalue weighted by Gasteiger charge is 2.37. The van der Waals surface area contributed by atoms with Crippen molar-refractivity contribution in [2.45, 2.75) is 45.1 Å². The molecular weight excluding hydrogens is 292 g/mol. The van der Waals surface area contributed by atoms with Crippen molar-refractivity contribution < 1.29 is 14.3 Å². The molecule has 1 aliphatic rings. The Labute approximate surface area is 138 Å². The number of hydrogen-bond acceptors (Lipinski definition) is 4.